The summed E-state index contributed by atoms with van der Waals surface area (Å²) in [6, 6.07) is 4.95. The van der Waals surface area contributed by atoms with Crippen molar-refractivity contribution in [1.82, 2.24) is 20.0 Å². The van der Waals surface area contributed by atoms with Crippen LogP contribution in [-0.4, -0.2) is 86.6 Å². The second-order valence-corrected chi connectivity index (χ2v) is 7.20. The van der Waals surface area contributed by atoms with Gasteiger partial charge in [-0.15, -0.1) is 11.3 Å². The molecule has 1 aromatic rings. The van der Waals surface area contributed by atoms with Crippen LogP contribution in [0.15, 0.2) is 22.5 Å². The standard InChI is InChI=1S/C16H27N5S/c1-17-16(19(2)6-5-15-4-3-11-22-15)18-12-14-13-20-7-9-21(14)10-8-20/h3-4,11,14H,5-10,12-13H2,1-2H3,(H,17,18). The lowest BCUT2D eigenvalue weighted by Crippen LogP contribution is -2.63. The first kappa shape index (κ1) is 15.8. The molecule has 122 valence electrons. The molecular formula is C16H27N5S. The minimum absolute atomic E-state index is 0.630. The van der Waals surface area contributed by atoms with Gasteiger partial charge in [-0.1, -0.05) is 6.07 Å². The van der Waals surface area contributed by atoms with Gasteiger partial charge in [0.1, 0.15) is 0 Å². The molecule has 5 nitrogen and oxygen atoms in total. The minimum Gasteiger partial charge on any atom is -0.355 e. The van der Waals surface area contributed by atoms with Crippen LogP contribution in [0.2, 0.25) is 0 Å². The van der Waals surface area contributed by atoms with Gasteiger partial charge in [0.05, 0.1) is 0 Å². The van der Waals surface area contributed by atoms with Crippen LogP contribution in [0, 0.1) is 0 Å². The second-order valence-electron chi connectivity index (χ2n) is 6.17. The van der Waals surface area contributed by atoms with Gasteiger partial charge in [0.15, 0.2) is 5.96 Å². The molecule has 3 fully saturated rings. The van der Waals surface area contributed by atoms with Gasteiger partial charge in [-0.3, -0.25) is 14.8 Å². The molecule has 0 amide bonds. The first-order chi connectivity index (χ1) is 10.8. The summed E-state index contributed by atoms with van der Waals surface area (Å²) in [5.41, 5.74) is 0. The van der Waals surface area contributed by atoms with Crippen molar-refractivity contribution in [3.05, 3.63) is 22.4 Å². The third-order valence-corrected chi connectivity index (χ3v) is 5.67. The molecule has 4 heterocycles. The second kappa shape index (κ2) is 7.44. The molecule has 1 atom stereocenters. The molecule has 3 aliphatic heterocycles. The van der Waals surface area contributed by atoms with Crippen LogP contribution in [0.3, 0.4) is 0 Å². The lowest BCUT2D eigenvalue weighted by molar-refractivity contribution is 0.0152. The molecule has 4 rings (SSSR count). The molecule has 3 saturated heterocycles. The van der Waals surface area contributed by atoms with Crippen molar-refractivity contribution in [2.45, 2.75) is 12.5 Å². The van der Waals surface area contributed by atoms with Crippen LogP contribution >= 0.6 is 11.3 Å². The van der Waals surface area contributed by atoms with Crippen LogP contribution in [0.5, 0.6) is 0 Å². The summed E-state index contributed by atoms with van der Waals surface area (Å²) < 4.78 is 0. The summed E-state index contributed by atoms with van der Waals surface area (Å²) in [6.07, 6.45) is 1.08. The molecule has 2 bridgehead atoms. The highest BCUT2D eigenvalue weighted by Crippen LogP contribution is 2.15. The zero-order chi connectivity index (χ0) is 15.4. The number of hydrogen-bond acceptors (Lipinski definition) is 4. The molecule has 6 heteroatoms. The number of nitrogens with one attached hydrogen (secondary N) is 1. The first-order valence-corrected chi connectivity index (χ1v) is 9.05. The summed E-state index contributed by atoms with van der Waals surface area (Å²) in [6.45, 7) is 8.12. The summed E-state index contributed by atoms with van der Waals surface area (Å²) in [7, 11) is 4.00. The fourth-order valence-corrected chi connectivity index (χ4v) is 4.05. The van der Waals surface area contributed by atoms with Gasteiger partial charge in [0, 0.05) is 70.8 Å². The maximum atomic E-state index is 4.44. The largest absolute Gasteiger partial charge is 0.355 e. The lowest BCUT2D eigenvalue weighted by Gasteiger charge is -2.47. The number of guanidine groups is 1. The van der Waals surface area contributed by atoms with Gasteiger partial charge in [-0.25, -0.2) is 0 Å². The van der Waals surface area contributed by atoms with E-state index in [2.05, 4.69) is 49.6 Å². The number of fused-ring (bicyclic) bond motifs is 3. The fraction of sp³-hybridized carbons (Fsp3) is 0.688. The normalized spacial score (nSPS) is 27.9. The number of hydrogen-bond donors (Lipinski definition) is 1. The molecule has 0 spiro atoms. The van der Waals surface area contributed by atoms with Crippen molar-refractivity contribution in [3.63, 3.8) is 0 Å². The van der Waals surface area contributed by atoms with Gasteiger partial charge in [0.2, 0.25) is 0 Å². The number of piperazine rings is 3. The van der Waals surface area contributed by atoms with Crippen LogP contribution in [0.4, 0.5) is 0 Å². The van der Waals surface area contributed by atoms with E-state index in [1.165, 1.54) is 37.6 Å². The van der Waals surface area contributed by atoms with E-state index >= 15 is 0 Å². The van der Waals surface area contributed by atoms with Crippen molar-refractivity contribution in [2.75, 3.05) is 59.9 Å². The summed E-state index contributed by atoms with van der Waals surface area (Å²) in [5.74, 6) is 1.01. The molecular weight excluding hydrogens is 294 g/mol. The molecule has 1 N–H and O–H groups in total. The van der Waals surface area contributed by atoms with E-state index in [1.54, 1.807) is 0 Å². The Morgan fingerprint density at radius 2 is 2.23 bits per heavy atom. The zero-order valence-corrected chi connectivity index (χ0v) is 14.5. The van der Waals surface area contributed by atoms with E-state index < -0.39 is 0 Å². The average molecular weight is 321 g/mol. The SMILES string of the molecule is CN=C(NCC1CN2CCN1CC2)N(C)CCc1cccs1. The van der Waals surface area contributed by atoms with Crippen molar-refractivity contribution < 1.29 is 0 Å². The quantitative estimate of drug-likeness (QED) is 0.642. The first-order valence-electron chi connectivity index (χ1n) is 8.17. The summed E-state index contributed by atoms with van der Waals surface area (Å²) in [5, 5.41) is 5.71. The van der Waals surface area contributed by atoms with Crippen molar-refractivity contribution in [2.24, 2.45) is 4.99 Å². The van der Waals surface area contributed by atoms with Crippen LogP contribution in [-0.2, 0) is 6.42 Å². The number of nitrogens with zero attached hydrogens (tertiary/aromatic N) is 4. The lowest BCUT2D eigenvalue weighted by atomic mass is 10.1. The van der Waals surface area contributed by atoms with E-state index in [0.717, 1.165) is 25.5 Å². The Morgan fingerprint density at radius 1 is 1.41 bits per heavy atom. The van der Waals surface area contributed by atoms with E-state index in [1.807, 2.05) is 18.4 Å². The monoisotopic (exact) mass is 321 g/mol. The third-order valence-electron chi connectivity index (χ3n) is 4.74. The van der Waals surface area contributed by atoms with Gasteiger partial charge in [0.25, 0.3) is 0 Å². The molecule has 1 unspecified atom stereocenters. The van der Waals surface area contributed by atoms with Crippen molar-refractivity contribution in [1.29, 1.82) is 0 Å². The van der Waals surface area contributed by atoms with E-state index in [4.69, 9.17) is 0 Å². The maximum absolute atomic E-state index is 4.44. The number of likely N-dealkylation sites (N-methyl/N-ethyl adjacent to an activating group) is 1. The molecule has 3 aliphatic rings. The predicted molar refractivity (Wildman–Crippen MR) is 93.8 cm³/mol. The highest BCUT2D eigenvalue weighted by Gasteiger charge is 2.31. The molecule has 0 saturated carbocycles. The summed E-state index contributed by atoms with van der Waals surface area (Å²) >= 11 is 1.83. The Hall–Kier alpha value is -1.11. The number of aliphatic imine (C=N–C) groups is 1. The van der Waals surface area contributed by atoms with Gasteiger partial charge >= 0.3 is 0 Å². The number of rotatable bonds is 5. The Kier molecular flexibility index (Phi) is 5.33. The smallest absolute Gasteiger partial charge is 0.193 e. The molecule has 0 radical (unpaired) electrons. The molecule has 1 aromatic heterocycles. The molecule has 0 aliphatic carbocycles. The van der Waals surface area contributed by atoms with E-state index in [9.17, 15) is 0 Å². The fourth-order valence-electron chi connectivity index (χ4n) is 3.35. The third kappa shape index (κ3) is 3.80. The van der Waals surface area contributed by atoms with Crippen molar-refractivity contribution in [3.8, 4) is 0 Å². The van der Waals surface area contributed by atoms with Crippen LogP contribution in [0.1, 0.15) is 4.88 Å². The number of thiophene rings is 1. The van der Waals surface area contributed by atoms with Gasteiger partial charge < -0.3 is 10.2 Å². The molecule has 22 heavy (non-hydrogen) atoms. The Morgan fingerprint density at radius 3 is 2.82 bits per heavy atom. The Bertz CT molecular complexity index is 479. The Labute approximate surface area is 137 Å². The van der Waals surface area contributed by atoms with E-state index in [0.29, 0.717) is 6.04 Å². The highest BCUT2D eigenvalue weighted by molar-refractivity contribution is 7.09. The minimum atomic E-state index is 0.630. The summed E-state index contributed by atoms with van der Waals surface area (Å²) in [4.78, 5) is 13.3. The predicted octanol–water partition coefficient (Wildman–Crippen LogP) is 0.798. The van der Waals surface area contributed by atoms with Crippen LogP contribution < -0.4 is 5.32 Å². The van der Waals surface area contributed by atoms with Crippen LogP contribution in [0.25, 0.3) is 0 Å². The van der Waals surface area contributed by atoms with Gasteiger partial charge in [-0.2, -0.15) is 0 Å². The van der Waals surface area contributed by atoms with Gasteiger partial charge in [-0.05, 0) is 17.9 Å². The average Bonchev–Trinajstić information content (AvgIpc) is 3.08. The highest BCUT2D eigenvalue weighted by atomic mass is 32.1. The Balaban J connectivity index is 1.45. The van der Waals surface area contributed by atoms with Crippen molar-refractivity contribution >= 4 is 17.3 Å². The maximum Gasteiger partial charge on any atom is 0.193 e. The molecule has 0 aromatic carbocycles. The topological polar surface area (TPSA) is 34.1 Å². The van der Waals surface area contributed by atoms with E-state index in [-0.39, 0.29) is 0 Å². The zero-order valence-electron chi connectivity index (χ0n) is 13.7.